The lowest BCUT2D eigenvalue weighted by molar-refractivity contribution is -0.140. The zero-order chi connectivity index (χ0) is 27.8. The molecule has 1 aliphatic rings. The van der Waals surface area contributed by atoms with Gasteiger partial charge in [0.1, 0.15) is 17.7 Å². The summed E-state index contributed by atoms with van der Waals surface area (Å²) in [6, 6.07) is -1.85. The first kappa shape index (κ1) is 31.4. The molecule has 9 heteroatoms. The van der Waals surface area contributed by atoms with Crippen LogP contribution in [0.5, 0.6) is 0 Å². The van der Waals surface area contributed by atoms with Crippen molar-refractivity contribution in [3.63, 3.8) is 0 Å². The minimum Gasteiger partial charge on any atom is -0.463 e. The summed E-state index contributed by atoms with van der Waals surface area (Å²) in [6.07, 6.45) is 3.33. The van der Waals surface area contributed by atoms with E-state index in [1.54, 1.807) is 52.6 Å². The van der Waals surface area contributed by atoms with E-state index >= 15 is 0 Å². The summed E-state index contributed by atoms with van der Waals surface area (Å²) >= 11 is 0. The lowest BCUT2D eigenvalue weighted by atomic mass is 9.96. The number of carbonyl (C=O) groups is 4. The number of ether oxygens (including phenoxy) is 2. The molecule has 1 rings (SSSR count). The second kappa shape index (κ2) is 13.7. The maximum atomic E-state index is 13.6. The number of hydrogen-bond acceptors (Lipinski definition) is 6. The van der Waals surface area contributed by atoms with Gasteiger partial charge in [0.15, 0.2) is 0 Å². The van der Waals surface area contributed by atoms with Crippen LogP contribution >= 0.6 is 0 Å². The third-order valence-corrected chi connectivity index (χ3v) is 6.16. The fraction of sp³-hybridized carbons (Fsp3) is 0.778. The van der Waals surface area contributed by atoms with Gasteiger partial charge in [-0.2, -0.15) is 0 Å². The van der Waals surface area contributed by atoms with Crippen molar-refractivity contribution in [2.45, 2.75) is 105 Å². The monoisotopic (exact) mass is 509 g/mol. The maximum Gasteiger partial charge on any atom is 0.410 e. The first-order valence-electron chi connectivity index (χ1n) is 13.0. The molecule has 0 saturated carbocycles. The molecule has 0 spiro atoms. The second-order valence-electron chi connectivity index (χ2n) is 11.2. The van der Waals surface area contributed by atoms with Gasteiger partial charge in [0, 0.05) is 19.2 Å². The normalized spacial score (nSPS) is 18.5. The first-order valence-corrected chi connectivity index (χ1v) is 13.0. The van der Waals surface area contributed by atoms with E-state index < -0.39 is 29.7 Å². The van der Waals surface area contributed by atoms with E-state index in [-0.39, 0.29) is 36.3 Å². The molecule has 1 N–H and O–H groups in total. The number of likely N-dealkylation sites (N-methyl/N-ethyl adjacent to an activating group) is 1. The summed E-state index contributed by atoms with van der Waals surface area (Å²) in [5.41, 5.74) is -0.244. The highest BCUT2D eigenvalue weighted by molar-refractivity contribution is 5.92. The highest BCUT2D eigenvalue weighted by Crippen LogP contribution is 2.22. The first-order chi connectivity index (χ1) is 16.6. The fourth-order valence-corrected chi connectivity index (χ4v) is 4.19. The molecule has 0 aromatic carbocycles. The van der Waals surface area contributed by atoms with E-state index in [0.717, 1.165) is 12.8 Å². The third kappa shape index (κ3) is 9.13. The highest BCUT2D eigenvalue weighted by atomic mass is 16.6. The summed E-state index contributed by atoms with van der Waals surface area (Å²) in [7, 11) is 1.68. The Morgan fingerprint density at radius 3 is 2.19 bits per heavy atom. The van der Waals surface area contributed by atoms with Crippen molar-refractivity contribution in [3.05, 3.63) is 11.6 Å². The average molecular weight is 510 g/mol. The van der Waals surface area contributed by atoms with Crippen LogP contribution in [0.4, 0.5) is 4.79 Å². The Kier molecular flexibility index (Phi) is 11.9. The zero-order valence-electron chi connectivity index (χ0n) is 23.8. The predicted octanol–water partition coefficient (Wildman–Crippen LogP) is 3.91. The zero-order valence-corrected chi connectivity index (χ0v) is 23.8. The second-order valence-corrected chi connectivity index (χ2v) is 11.2. The van der Waals surface area contributed by atoms with E-state index in [1.807, 2.05) is 27.7 Å². The summed E-state index contributed by atoms with van der Waals surface area (Å²) in [5, 5.41) is 2.91. The Morgan fingerprint density at radius 1 is 1.08 bits per heavy atom. The SMILES string of the molecule is CCOC(=O)/C(C)=C/[C@H](C(C)C)N(C)C(=O)[C@@H](NC(=O)C1CCCCN1C(=O)OC(C)(C)C)C(C)C. The van der Waals surface area contributed by atoms with Crippen molar-refractivity contribution in [2.24, 2.45) is 11.8 Å². The van der Waals surface area contributed by atoms with Gasteiger partial charge in [-0.3, -0.25) is 14.5 Å². The molecule has 0 aromatic heterocycles. The number of nitrogens with zero attached hydrogens (tertiary/aromatic N) is 2. The topological polar surface area (TPSA) is 105 Å². The van der Waals surface area contributed by atoms with Crippen molar-refractivity contribution in [2.75, 3.05) is 20.2 Å². The summed E-state index contributed by atoms with van der Waals surface area (Å²) in [6.45, 7) is 17.1. The van der Waals surface area contributed by atoms with Crippen LogP contribution in [0.2, 0.25) is 0 Å². The average Bonchev–Trinajstić information content (AvgIpc) is 2.78. The molecule has 0 aromatic rings. The fourth-order valence-electron chi connectivity index (χ4n) is 4.19. The molecule has 1 fully saturated rings. The van der Waals surface area contributed by atoms with Crippen LogP contribution in [0, 0.1) is 11.8 Å². The predicted molar refractivity (Wildman–Crippen MR) is 139 cm³/mol. The molecular formula is C27H47N3O6. The van der Waals surface area contributed by atoms with Gasteiger partial charge in [0.2, 0.25) is 11.8 Å². The Labute approximate surface area is 216 Å². The van der Waals surface area contributed by atoms with Crippen LogP contribution in [-0.4, -0.2) is 77.6 Å². The van der Waals surface area contributed by atoms with Crippen LogP contribution in [0.25, 0.3) is 0 Å². The van der Waals surface area contributed by atoms with Crippen LogP contribution in [0.15, 0.2) is 11.6 Å². The standard InChI is InChI=1S/C27H47N3O6/c1-11-35-25(33)19(6)16-21(17(2)3)29(10)24(32)22(18(4)5)28-23(31)20-14-12-13-15-30(20)26(34)36-27(7,8)9/h16-18,20-22H,11-15H2,1-10H3,(H,28,31)/b19-16+/t20?,21-,22+/m1/s1. The van der Waals surface area contributed by atoms with Gasteiger partial charge in [-0.1, -0.05) is 33.8 Å². The van der Waals surface area contributed by atoms with E-state index in [2.05, 4.69) is 5.32 Å². The summed E-state index contributed by atoms with van der Waals surface area (Å²) in [5.74, 6) is -1.21. The van der Waals surface area contributed by atoms with Gasteiger partial charge in [0.05, 0.1) is 12.6 Å². The smallest absolute Gasteiger partial charge is 0.410 e. The third-order valence-electron chi connectivity index (χ3n) is 6.16. The molecule has 206 valence electrons. The number of likely N-dealkylation sites (tertiary alicyclic amines) is 1. The van der Waals surface area contributed by atoms with Crippen LogP contribution < -0.4 is 5.32 Å². The number of esters is 1. The molecule has 3 amide bonds. The largest absolute Gasteiger partial charge is 0.463 e. The van der Waals surface area contributed by atoms with E-state index in [0.29, 0.717) is 18.5 Å². The maximum absolute atomic E-state index is 13.6. The number of nitrogens with one attached hydrogen (secondary N) is 1. The van der Waals surface area contributed by atoms with Crippen molar-refractivity contribution in [1.82, 2.24) is 15.1 Å². The van der Waals surface area contributed by atoms with Crippen LogP contribution in [-0.2, 0) is 23.9 Å². The molecule has 36 heavy (non-hydrogen) atoms. The summed E-state index contributed by atoms with van der Waals surface area (Å²) < 4.78 is 10.6. The Balaban J connectivity index is 3.11. The molecule has 0 aliphatic carbocycles. The molecule has 0 bridgehead atoms. The van der Waals surface area contributed by atoms with Crippen LogP contribution in [0.1, 0.15) is 81.6 Å². The van der Waals surface area contributed by atoms with E-state index in [1.165, 1.54) is 4.90 Å². The van der Waals surface area contributed by atoms with Gasteiger partial charge in [-0.05, 0) is 65.7 Å². The van der Waals surface area contributed by atoms with Gasteiger partial charge in [0.25, 0.3) is 0 Å². The summed E-state index contributed by atoms with van der Waals surface area (Å²) in [4.78, 5) is 54.9. The number of hydrogen-bond donors (Lipinski definition) is 1. The Morgan fingerprint density at radius 2 is 1.69 bits per heavy atom. The molecule has 9 nitrogen and oxygen atoms in total. The molecular weight excluding hydrogens is 462 g/mol. The van der Waals surface area contributed by atoms with Gasteiger partial charge < -0.3 is 19.7 Å². The minimum absolute atomic E-state index is 0.0212. The van der Waals surface area contributed by atoms with Crippen molar-refractivity contribution in [3.8, 4) is 0 Å². The van der Waals surface area contributed by atoms with Crippen molar-refractivity contribution in [1.29, 1.82) is 0 Å². The lowest BCUT2D eigenvalue weighted by Gasteiger charge is -2.38. The lowest BCUT2D eigenvalue weighted by Crippen LogP contribution is -2.59. The minimum atomic E-state index is -0.789. The molecule has 0 radical (unpaired) electrons. The van der Waals surface area contributed by atoms with Crippen molar-refractivity contribution >= 4 is 23.9 Å². The number of amides is 3. The number of carbonyl (C=O) groups excluding carboxylic acids is 4. The van der Waals surface area contributed by atoms with Gasteiger partial charge in [-0.25, -0.2) is 9.59 Å². The molecule has 1 unspecified atom stereocenters. The van der Waals surface area contributed by atoms with E-state index in [4.69, 9.17) is 9.47 Å². The molecule has 1 heterocycles. The quantitative estimate of drug-likeness (QED) is 0.373. The van der Waals surface area contributed by atoms with E-state index in [9.17, 15) is 19.2 Å². The Bertz CT molecular complexity index is 815. The van der Waals surface area contributed by atoms with Gasteiger partial charge >= 0.3 is 12.1 Å². The number of piperidine rings is 1. The molecule has 1 aliphatic heterocycles. The number of rotatable bonds is 9. The van der Waals surface area contributed by atoms with Gasteiger partial charge in [-0.15, -0.1) is 0 Å². The highest BCUT2D eigenvalue weighted by Gasteiger charge is 2.38. The molecule has 3 atom stereocenters. The Hall–Kier alpha value is -2.58. The molecule has 1 saturated heterocycles. The van der Waals surface area contributed by atoms with Crippen LogP contribution in [0.3, 0.4) is 0 Å². The van der Waals surface area contributed by atoms with Crippen molar-refractivity contribution < 1.29 is 28.7 Å².